The molecule has 0 saturated heterocycles. The van der Waals surface area contributed by atoms with Crippen LogP contribution in [0.25, 0.3) is 0 Å². The normalized spacial score (nSPS) is 12.2. The minimum Gasteiger partial charge on any atom is -0.497 e. The highest BCUT2D eigenvalue weighted by Crippen LogP contribution is 2.29. The third kappa shape index (κ3) is 4.00. The summed E-state index contributed by atoms with van der Waals surface area (Å²) in [4.78, 5) is 2.24. The van der Waals surface area contributed by atoms with E-state index in [1.165, 1.54) is 5.56 Å². The van der Waals surface area contributed by atoms with Gasteiger partial charge in [-0.3, -0.25) is 4.90 Å². The van der Waals surface area contributed by atoms with Crippen molar-refractivity contribution in [3.8, 4) is 11.5 Å². The van der Waals surface area contributed by atoms with Gasteiger partial charge in [0.15, 0.2) is 0 Å². The lowest BCUT2D eigenvalue weighted by atomic mass is 10.0. The lowest BCUT2D eigenvalue weighted by Gasteiger charge is -2.28. The average Bonchev–Trinajstić information content (AvgIpc) is 2.56. The SMILES string of the molecule is COc1cc(OC)cc(C(CN)N(C)Cc2ccccc2)c1. The monoisotopic (exact) mass is 300 g/mol. The van der Waals surface area contributed by atoms with E-state index >= 15 is 0 Å². The van der Waals surface area contributed by atoms with Crippen molar-refractivity contribution in [2.45, 2.75) is 12.6 Å². The molecule has 0 amide bonds. The number of nitrogens with two attached hydrogens (primary N) is 1. The van der Waals surface area contributed by atoms with Crippen LogP contribution in [0.1, 0.15) is 17.2 Å². The fourth-order valence-electron chi connectivity index (χ4n) is 2.57. The van der Waals surface area contributed by atoms with E-state index in [0.29, 0.717) is 6.54 Å². The highest BCUT2D eigenvalue weighted by atomic mass is 16.5. The molecule has 0 fully saturated rings. The lowest BCUT2D eigenvalue weighted by Crippen LogP contribution is -2.30. The van der Waals surface area contributed by atoms with E-state index in [-0.39, 0.29) is 6.04 Å². The molecular weight excluding hydrogens is 276 g/mol. The smallest absolute Gasteiger partial charge is 0.122 e. The Balaban J connectivity index is 2.23. The molecular formula is C18H24N2O2. The van der Waals surface area contributed by atoms with E-state index in [2.05, 4.69) is 36.2 Å². The van der Waals surface area contributed by atoms with Crippen molar-refractivity contribution in [1.29, 1.82) is 0 Å². The summed E-state index contributed by atoms with van der Waals surface area (Å²) in [6, 6.07) is 16.4. The zero-order chi connectivity index (χ0) is 15.9. The molecule has 118 valence electrons. The molecule has 1 unspecified atom stereocenters. The van der Waals surface area contributed by atoms with Crippen LogP contribution in [0.15, 0.2) is 48.5 Å². The van der Waals surface area contributed by atoms with Crippen molar-refractivity contribution in [3.05, 3.63) is 59.7 Å². The van der Waals surface area contributed by atoms with Gasteiger partial charge in [-0.05, 0) is 30.3 Å². The van der Waals surface area contributed by atoms with Gasteiger partial charge in [0.1, 0.15) is 11.5 Å². The van der Waals surface area contributed by atoms with Crippen molar-refractivity contribution in [1.82, 2.24) is 4.90 Å². The van der Waals surface area contributed by atoms with Gasteiger partial charge < -0.3 is 15.2 Å². The number of likely N-dealkylation sites (N-methyl/N-ethyl adjacent to an activating group) is 1. The van der Waals surface area contributed by atoms with Crippen LogP contribution in [0, 0.1) is 0 Å². The second kappa shape index (κ2) is 7.82. The van der Waals surface area contributed by atoms with Gasteiger partial charge >= 0.3 is 0 Å². The van der Waals surface area contributed by atoms with Crippen LogP contribution >= 0.6 is 0 Å². The van der Waals surface area contributed by atoms with Crippen LogP contribution in [0.4, 0.5) is 0 Å². The number of methoxy groups -OCH3 is 2. The molecule has 0 aliphatic heterocycles. The zero-order valence-electron chi connectivity index (χ0n) is 13.5. The van der Waals surface area contributed by atoms with E-state index in [0.717, 1.165) is 23.6 Å². The number of hydrogen-bond donors (Lipinski definition) is 1. The van der Waals surface area contributed by atoms with E-state index in [1.54, 1.807) is 14.2 Å². The van der Waals surface area contributed by atoms with E-state index < -0.39 is 0 Å². The van der Waals surface area contributed by atoms with E-state index in [1.807, 2.05) is 24.3 Å². The summed E-state index contributed by atoms with van der Waals surface area (Å²) in [6.07, 6.45) is 0. The van der Waals surface area contributed by atoms with Gasteiger partial charge in [0.25, 0.3) is 0 Å². The first-order valence-corrected chi connectivity index (χ1v) is 7.35. The highest BCUT2D eigenvalue weighted by molar-refractivity contribution is 5.40. The lowest BCUT2D eigenvalue weighted by molar-refractivity contribution is 0.240. The maximum Gasteiger partial charge on any atom is 0.122 e. The molecule has 2 aromatic carbocycles. The van der Waals surface area contributed by atoms with Gasteiger partial charge in [-0.25, -0.2) is 0 Å². The van der Waals surface area contributed by atoms with E-state index in [4.69, 9.17) is 15.2 Å². The van der Waals surface area contributed by atoms with E-state index in [9.17, 15) is 0 Å². The first-order valence-electron chi connectivity index (χ1n) is 7.35. The summed E-state index contributed by atoms with van der Waals surface area (Å²) in [5.74, 6) is 1.56. The fourth-order valence-corrected chi connectivity index (χ4v) is 2.57. The molecule has 0 saturated carbocycles. The fraction of sp³-hybridized carbons (Fsp3) is 0.333. The Morgan fingerprint density at radius 2 is 1.59 bits per heavy atom. The molecule has 0 aliphatic rings. The van der Waals surface area contributed by atoms with Crippen LogP contribution in [-0.2, 0) is 6.54 Å². The minimum atomic E-state index is 0.101. The van der Waals surface area contributed by atoms with Crippen molar-refractivity contribution in [2.24, 2.45) is 5.73 Å². The maximum absolute atomic E-state index is 6.02. The second-order valence-electron chi connectivity index (χ2n) is 5.30. The summed E-state index contributed by atoms with van der Waals surface area (Å²) in [5.41, 5.74) is 8.38. The molecule has 0 aliphatic carbocycles. The Morgan fingerprint density at radius 3 is 2.09 bits per heavy atom. The largest absolute Gasteiger partial charge is 0.497 e. The Kier molecular flexibility index (Phi) is 5.81. The number of ether oxygens (including phenoxy) is 2. The molecule has 0 aromatic heterocycles. The second-order valence-corrected chi connectivity index (χ2v) is 5.30. The van der Waals surface area contributed by atoms with Crippen LogP contribution in [0.2, 0.25) is 0 Å². The average molecular weight is 300 g/mol. The molecule has 1 atom stereocenters. The molecule has 2 aromatic rings. The van der Waals surface area contributed by atoms with Gasteiger partial charge in [0.05, 0.1) is 14.2 Å². The first kappa shape index (κ1) is 16.3. The van der Waals surface area contributed by atoms with Crippen molar-refractivity contribution >= 4 is 0 Å². The third-order valence-electron chi connectivity index (χ3n) is 3.79. The van der Waals surface area contributed by atoms with Crippen molar-refractivity contribution in [3.63, 3.8) is 0 Å². The quantitative estimate of drug-likeness (QED) is 0.854. The number of rotatable bonds is 7. The Bertz CT molecular complexity index is 565. The summed E-state index contributed by atoms with van der Waals surface area (Å²) >= 11 is 0. The number of nitrogens with zero attached hydrogens (tertiary/aromatic N) is 1. The summed E-state index contributed by atoms with van der Waals surface area (Å²) in [5, 5.41) is 0. The predicted molar refractivity (Wildman–Crippen MR) is 89.3 cm³/mol. The molecule has 0 radical (unpaired) electrons. The minimum absolute atomic E-state index is 0.101. The zero-order valence-corrected chi connectivity index (χ0v) is 13.5. The molecule has 0 bridgehead atoms. The van der Waals surface area contributed by atoms with Gasteiger partial charge in [-0.15, -0.1) is 0 Å². The standard InChI is InChI=1S/C18H24N2O2/c1-20(13-14-7-5-4-6-8-14)18(12-19)15-9-16(21-2)11-17(10-15)22-3/h4-11,18H,12-13,19H2,1-3H3. The topological polar surface area (TPSA) is 47.7 Å². The molecule has 4 nitrogen and oxygen atoms in total. The molecule has 0 spiro atoms. The molecule has 4 heteroatoms. The van der Waals surface area contributed by atoms with Crippen LogP contribution in [-0.4, -0.2) is 32.7 Å². The number of benzene rings is 2. The molecule has 2 N–H and O–H groups in total. The van der Waals surface area contributed by atoms with Gasteiger partial charge in [0.2, 0.25) is 0 Å². The van der Waals surface area contributed by atoms with Crippen LogP contribution in [0.5, 0.6) is 11.5 Å². The summed E-state index contributed by atoms with van der Waals surface area (Å²) in [7, 11) is 5.39. The molecule has 22 heavy (non-hydrogen) atoms. The Hall–Kier alpha value is -2.04. The van der Waals surface area contributed by atoms with Gasteiger partial charge in [-0.1, -0.05) is 30.3 Å². The number of hydrogen-bond acceptors (Lipinski definition) is 4. The summed E-state index contributed by atoms with van der Waals surface area (Å²) in [6.45, 7) is 1.36. The van der Waals surface area contributed by atoms with Crippen LogP contribution < -0.4 is 15.2 Å². The molecule has 2 rings (SSSR count). The van der Waals surface area contributed by atoms with Crippen molar-refractivity contribution in [2.75, 3.05) is 27.8 Å². The third-order valence-corrected chi connectivity index (χ3v) is 3.79. The van der Waals surface area contributed by atoms with Crippen LogP contribution in [0.3, 0.4) is 0 Å². The first-order chi connectivity index (χ1) is 10.7. The summed E-state index contributed by atoms with van der Waals surface area (Å²) < 4.78 is 10.7. The Labute approximate surface area is 132 Å². The maximum atomic E-state index is 6.02. The van der Waals surface area contributed by atoms with Crippen molar-refractivity contribution < 1.29 is 9.47 Å². The highest BCUT2D eigenvalue weighted by Gasteiger charge is 2.17. The van der Waals surface area contributed by atoms with Gasteiger partial charge in [0, 0.05) is 25.2 Å². The van der Waals surface area contributed by atoms with Gasteiger partial charge in [-0.2, -0.15) is 0 Å². The predicted octanol–water partition coefficient (Wildman–Crippen LogP) is 2.84. The Morgan fingerprint density at radius 1 is 1.00 bits per heavy atom. The molecule has 0 heterocycles.